The van der Waals surface area contributed by atoms with Gasteiger partial charge in [0.05, 0.1) is 6.54 Å². The van der Waals surface area contributed by atoms with E-state index in [0.717, 1.165) is 31.2 Å². The molecule has 2 rings (SSSR count). The molecule has 0 aromatic heterocycles. The SMILES string of the molecule is CN(C)C(=O)C1CCC(NCC(=O)c2ccccc2)CC1. The fourth-order valence-electron chi connectivity index (χ4n) is 2.87. The predicted octanol–water partition coefficient (Wildman–Crippen LogP) is 2.11. The van der Waals surface area contributed by atoms with Gasteiger partial charge in [-0.15, -0.1) is 0 Å². The molecule has 0 spiro atoms. The molecule has 1 aliphatic rings. The summed E-state index contributed by atoms with van der Waals surface area (Å²) >= 11 is 0. The average Bonchev–Trinajstić information content (AvgIpc) is 2.53. The highest BCUT2D eigenvalue weighted by Gasteiger charge is 2.27. The van der Waals surface area contributed by atoms with Crippen LogP contribution < -0.4 is 5.32 Å². The summed E-state index contributed by atoms with van der Waals surface area (Å²) in [6.45, 7) is 0.376. The quantitative estimate of drug-likeness (QED) is 0.844. The normalized spacial score (nSPS) is 21.8. The Morgan fingerprint density at radius 3 is 2.29 bits per heavy atom. The highest BCUT2D eigenvalue weighted by atomic mass is 16.2. The molecule has 0 radical (unpaired) electrons. The number of benzene rings is 1. The highest BCUT2D eigenvalue weighted by Crippen LogP contribution is 2.25. The van der Waals surface area contributed by atoms with Crippen LogP contribution in [0, 0.1) is 5.92 Å². The number of hydrogen-bond acceptors (Lipinski definition) is 3. The molecule has 1 aliphatic carbocycles. The van der Waals surface area contributed by atoms with Crippen molar-refractivity contribution in [3.8, 4) is 0 Å². The van der Waals surface area contributed by atoms with Gasteiger partial charge in [-0.05, 0) is 25.7 Å². The number of nitrogens with one attached hydrogen (secondary N) is 1. The minimum absolute atomic E-state index is 0.127. The average molecular weight is 288 g/mol. The molecule has 0 unspecified atom stereocenters. The van der Waals surface area contributed by atoms with Crippen molar-refractivity contribution in [3.05, 3.63) is 35.9 Å². The van der Waals surface area contributed by atoms with Crippen LogP contribution in [-0.2, 0) is 4.79 Å². The Kier molecular flexibility index (Phi) is 5.51. The number of ketones is 1. The first-order valence-corrected chi connectivity index (χ1v) is 7.60. The van der Waals surface area contributed by atoms with Crippen LogP contribution in [0.5, 0.6) is 0 Å². The van der Waals surface area contributed by atoms with Gasteiger partial charge in [-0.25, -0.2) is 0 Å². The second-order valence-electron chi connectivity index (χ2n) is 5.95. The number of carbonyl (C=O) groups excluding carboxylic acids is 2. The molecule has 4 heteroatoms. The standard InChI is InChI=1S/C17H24N2O2/c1-19(2)17(21)14-8-10-15(11-9-14)18-12-16(20)13-6-4-3-5-7-13/h3-7,14-15,18H,8-12H2,1-2H3. The van der Waals surface area contributed by atoms with Gasteiger partial charge in [0.1, 0.15) is 0 Å². The van der Waals surface area contributed by atoms with Crippen molar-refractivity contribution in [1.29, 1.82) is 0 Å². The summed E-state index contributed by atoms with van der Waals surface area (Å²) in [4.78, 5) is 25.6. The molecule has 1 N–H and O–H groups in total. The van der Waals surface area contributed by atoms with Crippen LogP contribution in [0.4, 0.5) is 0 Å². The smallest absolute Gasteiger partial charge is 0.225 e. The van der Waals surface area contributed by atoms with Gasteiger partial charge in [0.25, 0.3) is 0 Å². The van der Waals surface area contributed by atoms with Crippen molar-refractivity contribution in [2.45, 2.75) is 31.7 Å². The summed E-state index contributed by atoms with van der Waals surface area (Å²) in [6.07, 6.45) is 3.75. The molecule has 0 heterocycles. The van der Waals surface area contributed by atoms with E-state index >= 15 is 0 Å². The third kappa shape index (κ3) is 4.39. The van der Waals surface area contributed by atoms with Crippen LogP contribution in [0.3, 0.4) is 0 Å². The lowest BCUT2D eigenvalue weighted by Crippen LogP contribution is -2.39. The topological polar surface area (TPSA) is 49.4 Å². The van der Waals surface area contributed by atoms with E-state index in [9.17, 15) is 9.59 Å². The van der Waals surface area contributed by atoms with E-state index in [1.165, 1.54) is 0 Å². The summed E-state index contributed by atoms with van der Waals surface area (Å²) in [5.74, 6) is 0.513. The number of rotatable bonds is 5. The van der Waals surface area contributed by atoms with E-state index in [4.69, 9.17) is 0 Å². The predicted molar refractivity (Wildman–Crippen MR) is 83.2 cm³/mol. The van der Waals surface area contributed by atoms with Crippen LogP contribution in [0.15, 0.2) is 30.3 Å². The Balaban J connectivity index is 1.74. The van der Waals surface area contributed by atoms with E-state index in [2.05, 4.69) is 5.32 Å². The van der Waals surface area contributed by atoms with Gasteiger partial charge in [-0.3, -0.25) is 9.59 Å². The molecule has 21 heavy (non-hydrogen) atoms. The minimum atomic E-state index is 0.127. The van der Waals surface area contributed by atoms with Gasteiger partial charge < -0.3 is 10.2 Å². The molecule has 1 aromatic rings. The van der Waals surface area contributed by atoms with Crippen molar-refractivity contribution >= 4 is 11.7 Å². The molecule has 0 saturated heterocycles. The van der Waals surface area contributed by atoms with E-state index in [-0.39, 0.29) is 17.6 Å². The van der Waals surface area contributed by atoms with Gasteiger partial charge >= 0.3 is 0 Å². The van der Waals surface area contributed by atoms with Crippen LogP contribution in [0.2, 0.25) is 0 Å². The van der Waals surface area contributed by atoms with Crippen LogP contribution >= 0.6 is 0 Å². The molecule has 114 valence electrons. The zero-order valence-electron chi connectivity index (χ0n) is 12.8. The van der Waals surface area contributed by atoms with E-state index < -0.39 is 0 Å². The van der Waals surface area contributed by atoms with Crippen molar-refractivity contribution in [1.82, 2.24) is 10.2 Å². The number of carbonyl (C=O) groups is 2. The lowest BCUT2D eigenvalue weighted by atomic mass is 9.85. The van der Waals surface area contributed by atoms with Crippen molar-refractivity contribution < 1.29 is 9.59 Å². The molecule has 4 nitrogen and oxygen atoms in total. The van der Waals surface area contributed by atoms with E-state index in [1.54, 1.807) is 4.90 Å². The maximum absolute atomic E-state index is 12.0. The Bertz CT molecular complexity index is 477. The molecule has 1 aromatic carbocycles. The lowest BCUT2D eigenvalue weighted by molar-refractivity contribution is -0.134. The van der Waals surface area contributed by atoms with Gasteiger partial charge in [-0.1, -0.05) is 30.3 Å². The fraction of sp³-hybridized carbons (Fsp3) is 0.529. The van der Waals surface area contributed by atoms with Crippen molar-refractivity contribution in [3.63, 3.8) is 0 Å². The van der Waals surface area contributed by atoms with E-state index in [0.29, 0.717) is 12.6 Å². The Labute approximate surface area is 126 Å². The molecular weight excluding hydrogens is 264 g/mol. The van der Waals surface area contributed by atoms with Gasteiger partial charge in [0.15, 0.2) is 5.78 Å². The Hall–Kier alpha value is -1.68. The fourth-order valence-corrected chi connectivity index (χ4v) is 2.87. The first-order chi connectivity index (χ1) is 10.1. The third-order valence-corrected chi connectivity index (χ3v) is 4.16. The summed E-state index contributed by atoms with van der Waals surface area (Å²) in [7, 11) is 3.62. The second kappa shape index (κ2) is 7.36. The molecule has 0 bridgehead atoms. The third-order valence-electron chi connectivity index (χ3n) is 4.16. The zero-order chi connectivity index (χ0) is 15.2. The monoisotopic (exact) mass is 288 g/mol. The Morgan fingerprint density at radius 2 is 1.71 bits per heavy atom. The summed E-state index contributed by atoms with van der Waals surface area (Å²) in [6, 6.07) is 9.71. The van der Waals surface area contributed by atoms with E-state index in [1.807, 2.05) is 44.4 Å². The van der Waals surface area contributed by atoms with Gasteiger partial charge in [0, 0.05) is 31.6 Å². The molecule has 0 atom stereocenters. The molecule has 1 amide bonds. The number of nitrogens with zero attached hydrogens (tertiary/aromatic N) is 1. The molecule has 1 fully saturated rings. The van der Waals surface area contributed by atoms with Gasteiger partial charge in [0.2, 0.25) is 5.91 Å². The maximum Gasteiger partial charge on any atom is 0.225 e. The van der Waals surface area contributed by atoms with Crippen LogP contribution in [0.1, 0.15) is 36.0 Å². The number of hydrogen-bond donors (Lipinski definition) is 1. The molecular formula is C17H24N2O2. The van der Waals surface area contributed by atoms with Gasteiger partial charge in [-0.2, -0.15) is 0 Å². The largest absolute Gasteiger partial charge is 0.349 e. The summed E-state index contributed by atoms with van der Waals surface area (Å²) < 4.78 is 0. The maximum atomic E-state index is 12.0. The van der Waals surface area contributed by atoms with Crippen LogP contribution in [0.25, 0.3) is 0 Å². The summed E-state index contributed by atoms with van der Waals surface area (Å²) in [5, 5.41) is 3.33. The van der Waals surface area contributed by atoms with Crippen molar-refractivity contribution in [2.75, 3.05) is 20.6 Å². The minimum Gasteiger partial charge on any atom is -0.349 e. The lowest BCUT2D eigenvalue weighted by Gasteiger charge is -2.29. The molecule has 1 saturated carbocycles. The summed E-state index contributed by atoms with van der Waals surface area (Å²) in [5.41, 5.74) is 0.751. The second-order valence-corrected chi connectivity index (χ2v) is 5.95. The highest BCUT2D eigenvalue weighted by molar-refractivity contribution is 5.97. The number of Topliss-reactive ketones (excluding diaryl/α,β-unsaturated/α-hetero) is 1. The molecule has 0 aliphatic heterocycles. The number of amides is 1. The van der Waals surface area contributed by atoms with Crippen molar-refractivity contribution in [2.24, 2.45) is 5.92 Å². The first kappa shape index (κ1) is 15.7. The van der Waals surface area contributed by atoms with Crippen LogP contribution in [-0.4, -0.2) is 43.3 Å². The zero-order valence-corrected chi connectivity index (χ0v) is 12.8. The first-order valence-electron chi connectivity index (χ1n) is 7.60. The Morgan fingerprint density at radius 1 is 1.10 bits per heavy atom.